The van der Waals surface area contributed by atoms with E-state index in [0.29, 0.717) is 5.82 Å². The Balaban J connectivity index is 1.41. The van der Waals surface area contributed by atoms with Crippen molar-refractivity contribution in [1.29, 1.82) is 0 Å². The van der Waals surface area contributed by atoms with Crippen LogP contribution >= 0.6 is 15.9 Å². The Hall–Kier alpha value is -2.79. The molecule has 0 atom stereocenters. The van der Waals surface area contributed by atoms with E-state index in [1.165, 1.54) is 18.4 Å². The van der Waals surface area contributed by atoms with Crippen molar-refractivity contribution in [3.8, 4) is 11.4 Å². The van der Waals surface area contributed by atoms with Gasteiger partial charge in [-0.15, -0.1) is 4.40 Å². The van der Waals surface area contributed by atoms with Crippen LogP contribution in [0.4, 0.5) is 0 Å². The fourth-order valence-electron chi connectivity index (χ4n) is 2.59. The molecule has 11 heteroatoms. The first-order chi connectivity index (χ1) is 13.4. The quantitative estimate of drug-likeness (QED) is 0.631. The number of hydrogen-bond donors (Lipinski definition) is 0. The van der Waals surface area contributed by atoms with Crippen LogP contribution in [0.2, 0.25) is 0 Å². The lowest BCUT2D eigenvalue weighted by Gasteiger charge is -2.26. The van der Waals surface area contributed by atoms with Gasteiger partial charge in [-0.1, -0.05) is 33.2 Å². The van der Waals surface area contributed by atoms with Crippen molar-refractivity contribution in [2.45, 2.75) is 6.61 Å². The standard InChI is InChI=1S/C17H13BrN4O5S/c18-13-3-1-2-11(8-13)16-19-15(27-20-16)10-26-17(23)12-4-5-14-21-28(24,25)7-6-22(14)9-12/h1-5,8-9H,6-7,10H2. The van der Waals surface area contributed by atoms with Crippen molar-refractivity contribution in [2.24, 2.45) is 4.40 Å². The lowest BCUT2D eigenvalue weighted by molar-refractivity contribution is -0.140. The van der Waals surface area contributed by atoms with Crippen LogP contribution in [0.3, 0.4) is 0 Å². The molecule has 1 aromatic carbocycles. The number of aromatic nitrogens is 2. The molecule has 9 nitrogen and oxygen atoms in total. The molecule has 0 radical (unpaired) electrons. The largest absolute Gasteiger partial charge is 0.452 e. The number of carbonyl (C=O) groups excluding carboxylic acids is 1. The first-order valence-corrected chi connectivity index (χ1v) is 10.5. The number of esters is 1. The molecule has 0 amide bonds. The summed E-state index contributed by atoms with van der Waals surface area (Å²) in [6.45, 7) is 0.0439. The van der Waals surface area contributed by atoms with E-state index in [-0.39, 0.29) is 36.2 Å². The Morgan fingerprint density at radius 2 is 2.18 bits per heavy atom. The molecule has 2 aliphatic heterocycles. The third kappa shape index (κ3) is 4.04. The molecule has 0 saturated carbocycles. The molecular formula is C17H13BrN4O5S. The van der Waals surface area contributed by atoms with Gasteiger partial charge in [-0.05, 0) is 24.3 Å². The van der Waals surface area contributed by atoms with Gasteiger partial charge in [-0.25, -0.2) is 13.2 Å². The van der Waals surface area contributed by atoms with Crippen LogP contribution in [0.1, 0.15) is 5.89 Å². The summed E-state index contributed by atoms with van der Waals surface area (Å²) in [4.78, 5) is 18.1. The molecule has 2 aromatic rings. The number of fused-ring (bicyclic) bond motifs is 1. The minimum absolute atomic E-state index is 0.108. The zero-order valence-corrected chi connectivity index (χ0v) is 16.7. The summed E-state index contributed by atoms with van der Waals surface area (Å²) in [5.41, 5.74) is 1.03. The molecule has 0 aliphatic carbocycles. The van der Waals surface area contributed by atoms with E-state index in [1.54, 1.807) is 4.90 Å². The number of amidine groups is 1. The van der Waals surface area contributed by atoms with E-state index in [4.69, 9.17) is 9.26 Å². The SMILES string of the molecule is O=C(OCc1nc(-c2cccc(Br)c2)no1)C1=CN2CCS(=O)(=O)N=C2C=C1. The van der Waals surface area contributed by atoms with Gasteiger partial charge >= 0.3 is 5.97 Å². The van der Waals surface area contributed by atoms with Crippen LogP contribution in [0.5, 0.6) is 0 Å². The normalized spacial score (nSPS) is 17.5. The maximum atomic E-state index is 12.3. The molecule has 28 heavy (non-hydrogen) atoms. The molecular weight excluding hydrogens is 452 g/mol. The Morgan fingerprint density at radius 3 is 3.00 bits per heavy atom. The van der Waals surface area contributed by atoms with E-state index in [2.05, 4.69) is 30.5 Å². The van der Waals surface area contributed by atoms with Crippen molar-refractivity contribution in [3.63, 3.8) is 0 Å². The van der Waals surface area contributed by atoms with Gasteiger partial charge in [-0.2, -0.15) is 4.98 Å². The van der Waals surface area contributed by atoms with Crippen LogP contribution in [-0.4, -0.2) is 47.6 Å². The summed E-state index contributed by atoms with van der Waals surface area (Å²) < 4.78 is 37.9. The Labute approximate surface area is 168 Å². The number of carbonyl (C=O) groups is 1. The number of halogens is 1. The van der Waals surface area contributed by atoms with Gasteiger partial charge in [0.25, 0.3) is 15.9 Å². The summed E-state index contributed by atoms with van der Waals surface area (Å²) >= 11 is 3.38. The zero-order chi connectivity index (χ0) is 19.7. The molecule has 2 aliphatic rings. The van der Waals surface area contributed by atoms with Crippen LogP contribution in [0, 0.1) is 0 Å². The highest BCUT2D eigenvalue weighted by atomic mass is 79.9. The lowest BCUT2D eigenvalue weighted by Crippen LogP contribution is -2.37. The highest BCUT2D eigenvalue weighted by molar-refractivity contribution is 9.10. The summed E-state index contributed by atoms with van der Waals surface area (Å²) in [6.07, 6.45) is 4.43. The molecule has 4 rings (SSSR count). The van der Waals surface area contributed by atoms with E-state index in [1.807, 2.05) is 24.3 Å². The fourth-order valence-corrected chi connectivity index (χ4v) is 3.96. The second-order valence-electron chi connectivity index (χ2n) is 5.94. The molecule has 0 N–H and O–H groups in total. The second kappa shape index (κ2) is 7.32. The molecule has 0 fully saturated rings. The smallest absolute Gasteiger partial charge is 0.340 e. The number of benzene rings is 1. The van der Waals surface area contributed by atoms with Gasteiger partial charge in [-0.3, -0.25) is 0 Å². The van der Waals surface area contributed by atoms with Gasteiger partial charge in [0.05, 0.1) is 11.3 Å². The van der Waals surface area contributed by atoms with Gasteiger partial charge in [0.15, 0.2) is 6.61 Å². The predicted molar refractivity (Wildman–Crippen MR) is 102 cm³/mol. The minimum Gasteiger partial charge on any atom is -0.452 e. The Bertz CT molecular complexity index is 1140. The van der Waals surface area contributed by atoms with Crippen LogP contribution in [0.25, 0.3) is 11.4 Å². The van der Waals surface area contributed by atoms with Crippen molar-refractivity contribution in [1.82, 2.24) is 15.0 Å². The van der Waals surface area contributed by atoms with Crippen LogP contribution in [0.15, 0.2) is 61.6 Å². The molecule has 0 spiro atoms. The monoisotopic (exact) mass is 464 g/mol. The fraction of sp³-hybridized carbons (Fsp3) is 0.176. The lowest BCUT2D eigenvalue weighted by atomic mass is 10.2. The average molecular weight is 465 g/mol. The molecule has 0 bridgehead atoms. The average Bonchev–Trinajstić information content (AvgIpc) is 3.14. The number of ether oxygens (including phenoxy) is 1. The summed E-state index contributed by atoms with van der Waals surface area (Å²) in [7, 11) is -3.44. The molecule has 0 saturated heterocycles. The Morgan fingerprint density at radius 1 is 1.32 bits per heavy atom. The zero-order valence-electron chi connectivity index (χ0n) is 14.3. The summed E-state index contributed by atoms with van der Waals surface area (Å²) in [5, 5.41) is 3.88. The topological polar surface area (TPSA) is 115 Å². The number of sulfonamides is 1. The minimum atomic E-state index is -3.44. The summed E-state index contributed by atoms with van der Waals surface area (Å²) in [6, 6.07) is 7.41. The van der Waals surface area contributed by atoms with Crippen molar-refractivity contribution in [3.05, 3.63) is 58.6 Å². The number of rotatable bonds is 4. The van der Waals surface area contributed by atoms with E-state index in [9.17, 15) is 13.2 Å². The van der Waals surface area contributed by atoms with Crippen LogP contribution < -0.4 is 0 Å². The highest BCUT2D eigenvalue weighted by Gasteiger charge is 2.25. The summed E-state index contributed by atoms with van der Waals surface area (Å²) in [5.74, 6) is 0.127. The van der Waals surface area contributed by atoms with Gasteiger partial charge in [0.1, 0.15) is 5.84 Å². The maximum absolute atomic E-state index is 12.3. The second-order valence-corrected chi connectivity index (χ2v) is 8.62. The van der Waals surface area contributed by atoms with E-state index >= 15 is 0 Å². The molecule has 3 heterocycles. The van der Waals surface area contributed by atoms with Crippen molar-refractivity contribution >= 4 is 37.8 Å². The van der Waals surface area contributed by atoms with Gasteiger partial charge < -0.3 is 14.2 Å². The number of nitrogens with zero attached hydrogens (tertiary/aromatic N) is 4. The highest BCUT2D eigenvalue weighted by Crippen LogP contribution is 2.21. The molecule has 144 valence electrons. The first-order valence-electron chi connectivity index (χ1n) is 8.14. The first kappa shape index (κ1) is 18.6. The van der Waals surface area contributed by atoms with E-state index < -0.39 is 16.0 Å². The molecule has 1 aromatic heterocycles. The third-order valence-electron chi connectivity index (χ3n) is 3.94. The van der Waals surface area contributed by atoms with Crippen molar-refractivity contribution < 1.29 is 22.5 Å². The number of hydrogen-bond acceptors (Lipinski definition) is 8. The van der Waals surface area contributed by atoms with Gasteiger partial charge in [0, 0.05) is 22.8 Å². The van der Waals surface area contributed by atoms with E-state index in [0.717, 1.165) is 10.0 Å². The predicted octanol–water partition coefficient (Wildman–Crippen LogP) is 2.04. The maximum Gasteiger partial charge on any atom is 0.340 e. The van der Waals surface area contributed by atoms with Gasteiger partial charge in [0.2, 0.25) is 5.82 Å². The molecule has 0 unspecified atom stereocenters. The van der Waals surface area contributed by atoms with Crippen LogP contribution in [-0.2, 0) is 26.2 Å². The Kier molecular flexibility index (Phi) is 4.85. The third-order valence-corrected chi connectivity index (χ3v) is 5.59. The van der Waals surface area contributed by atoms with Crippen molar-refractivity contribution in [2.75, 3.05) is 12.3 Å².